The van der Waals surface area contributed by atoms with Gasteiger partial charge in [-0.15, -0.1) is 0 Å². The number of hydrogen-bond donors (Lipinski definition) is 3. The number of nitrogens with two attached hydrogens (primary N) is 1. The van der Waals surface area contributed by atoms with Gasteiger partial charge in [-0.3, -0.25) is 0 Å². The van der Waals surface area contributed by atoms with E-state index in [2.05, 4.69) is 10.6 Å². The van der Waals surface area contributed by atoms with Crippen LogP contribution in [0.4, 0.5) is 11.4 Å². The van der Waals surface area contributed by atoms with Crippen LogP contribution in [-0.4, -0.2) is 11.7 Å². The zero-order valence-corrected chi connectivity index (χ0v) is 10.4. The number of nitrogen functional groups attached to an aromatic ring is 1. The third kappa shape index (κ3) is 3.41. The minimum atomic E-state index is 0.373. The largest absolute Gasteiger partial charge is 0.396 e. The molecule has 0 saturated carbocycles. The lowest BCUT2D eigenvalue weighted by Crippen LogP contribution is -2.27. The van der Waals surface area contributed by atoms with E-state index in [-0.39, 0.29) is 0 Å². The van der Waals surface area contributed by atoms with E-state index >= 15 is 0 Å². The molecule has 0 fully saturated rings. The summed E-state index contributed by atoms with van der Waals surface area (Å²) in [7, 11) is 0. The first-order valence-corrected chi connectivity index (χ1v) is 5.50. The van der Waals surface area contributed by atoms with Crippen molar-refractivity contribution in [1.82, 2.24) is 5.32 Å². The Hall–Kier alpha value is -0.710. The van der Waals surface area contributed by atoms with Crippen molar-refractivity contribution in [2.24, 2.45) is 0 Å². The van der Waals surface area contributed by atoms with Gasteiger partial charge in [0.15, 0.2) is 5.11 Å². The highest BCUT2D eigenvalue weighted by atomic mass is 35.5. The molecule has 0 radical (unpaired) electrons. The second kappa shape index (κ2) is 5.39. The topological polar surface area (TPSA) is 50.1 Å². The van der Waals surface area contributed by atoms with E-state index < -0.39 is 0 Å². The van der Waals surface area contributed by atoms with Gasteiger partial charge in [0.05, 0.1) is 15.7 Å². The van der Waals surface area contributed by atoms with E-state index in [4.69, 9.17) is 41.2 Å². The molecule has 0 atom stereocenters. The Bertz CT molecular complexity index is 359. The normalized spacial score (nSPS) is 9.80. The fraction of sp³-hybridized carbons (Fsp3) is 0.222. The number of hydrogen-bond acceptors (Lipinski definition) is 2. The Morgan fingerprint density at radius 3 is 2.40 bits per heavy atom. The average molecular weight is 264 g/mol. The molecule has 0 heterocycles. The Labute approximate surface area is 104 Å². The highest BCUT2D eigenvalue weighted by Gasteiger charge is 2.05. The lowest BCUT2D eigenvalue weighted by molar-refractivity contribution is 0.979. The summed E-state index contributed by atoms with van der Waals surface area (Å²) in [5, 5.41) is 7.23. The second-order valence-electron chi connectivity index (χ2n) is 2.84. The molecule has 0 bridgehead atoms. The summed E-state index contributed by atoms with van der Waals surface area (Å²) in [6.07, 6.45) is 0. The summed E-state index contributed by atoms with van der Waals surface area (Å²) in [6, 6.07) is 3.35. The molecule has 1 aromatic carbocycles. The van der Waals surface area contributed by atoms with E-state index in [0.29, 0.717) is 26.5 Å². The highest BCUT2D eigenvalue weighted by Crippen LogP contribution is 2.30. The number of benzene rings is 1. The maximum absolute atomic E-state index is 5.87. The average Bonchev–Trinajstić information content (AvgIpc) is 2.14. The second-order valence-corrected chi connectivity index (χ2v) is 4.06. The summed E-state index contributed by atoms with van der Waals surface area (Å²) >= 11 is 16.7. The number of rotatable bonds is 2. The van der Waals surface area contributed by atoms with Crippen LogP contribution in [0.5, 0.6) is 0 Å². The maximum atomic E-state index is 5.87. The molecule has 0 aliphatic carbocycles. The first-order chi connectivity index (χ1) is 7.04. The Kier molecular flexibility index (Phi) is 4.45. The van der Waals surface area contributed by atoms with Gasteiger partial charge < -0.3 is 16.4 Å². The summed E-state index contributed by atoms with van der Waals surface area (Å²) in [5.41, 5.74) is 6.69. The van der Waals surface area contributed by atoms with Crippen LogP contribution in [0.25, 0.3) is 0 Å². The van der Waals surface area contributed by atoms with Crippen LogP contribution in [0.3, 0.4) is 0 Å². The number of anilines is 2. The number of thiocarbonyl (C=S) groups is 1. The number of halogens is 2. The molecule has 0 unspecified atom stereocenters. The third-order valence-corrected chi connectivity index (χ3v) is 2.55. The molecule has 15 heavy (non-hydrogen) atoms. The molecule has 0 saturated heterocycles. The van der Waals surface area contributed by atoms with Crippen molar-refractivity contribution in [3.8, 4) is 0 Å². The SMILES string of the molecule is CCNC(=S)Nc1cc(Cl)c(N)c(Cl)c1. The summed E-state index contributed by atoms with van der Waals surface area (Å²) in [4.78, 5) is 0. The van der Waals surface area contributed by atoms with Crippen LogP contribution in [0.15, 0.2) is 12.1 Å². The van der Waals surface area contributed by atoms with Crippen LogP contribution in [0.2, 0.25) is 10.0 Å². The maximum Gasteiger partial charge on any atom is 0.170 e. The molecule has 3 nitrogen and oxygen atoms in total. The van der Waals surface area contributed by atoms with Gasteiger partial charge in [0, 0.05) is 12.2 Å². The molecule has 0 spiro atoms. The van der Waals surface area contributed by atoms with Crippen molar-refractivity contribution >= 4 is 51.9 Å². The van der Waals surface area contributed by atoms with Crippen molar-refractivity contribution < 1.29 is 0 Å². The van der Waals surface area contributed by atoms with Crippen molar-refractivity contribution in [3.63, 3.8) is 0 Å². The first-order valence-electron chi connectivity index (χ1n) is 4.34. The van der Waals surface area contributed by atoms with Crippen LogP contribution >= 0.6 is 35.4 Å². The fourth-order valence-electron chi connectivity index (χ4n) is 0.992. The lowest BCUT2D eigenvalue weighted by Gasteiger charge is -2.10. The monoisotopic (exact) mass is 263 g/mol. The molecule has 82 valence electrons. The zero-order chi connectivity index (χ0) is 11.4. The van der Waals surface area contributed by atoms with Crippen LogP contribution in [0.1, 0.15) is 6.92 Å². The van der Waals surface area contributed by atoms with Gasteiger partial charge in [0.2, 0.25) is 0 Å². The summed E-state index contributed by atoms with van der Waals surface area (Å²) < 4.78 is 0. The predicted molar refractivity (Wildman–Crippen MR) is 70.8 cm³/mol. The molecular formula is C9H11Cl2N3S. The van der Waals surface area contributed by atoms with Gasteiger partial charge in [-0.05, 0) is 31.3 Å². The molecule has 0 amide bonds. The molecule has 4 N–H and O–H groups in total. The minimum Gasteiger partial charge on any atom is -0.396 e. The minimum absolute atomic E-state index is 0.373. The van der Waals surface area contributed by atoms with E-state index in [9.17, 15) is 0 Å². The first kappa shape index (κ1) is 12.4. The summed E-state index contributed by atoms with van der Waals surface area (Å²) in [5.74, 6) is 0. The van der Waals surface area contributed by atoms with Gasteiger partial charge in [-0.25, -0.2) is 0 Å². The van der Waals surface area contributed by atoms with Gasteiger partial charge in [0.1, 0.15) is 0 Å². The van der Waals surface area contributed by atoms with Crippen LogP contribution in [0, 0.1) is 0 Å². The molecular weight excluding hydrogens is 253 g/mol. The predicted octanol–water partition coefficient (Wildman–Crippen LogP) is 2.88. The van der Waals surface area contributed by atoms with E-state index in [0.717, 1.165) is 6.54 Å². The quantitative estimate of drug-likeness (QED) is 0.568. The Balaban J connectivity index is 2.83. The van der Waals surface area contributed by atoms with Gasteiger partial charge >= 0.3 is 0 Å². The zero-order valence-electron chi connectivity index (χ0n) is 8.10. The van der Waals surface area contributed by atoms with Gasteiger partial charge in [-0.1, -0.05) is 23.2 Å². The molecule has 0 aliphatic heterocycles. The van der Waals surface area contributed by atoms with E-state index in [1.807, 2.05) is 6.92 Å². The van der Waals surface area contributed by atoms with Crippen LogP contribution < -0.4 is 16.4 Å². The van der Waals surface area contributed by atoms with Crippen molar-refractivity contribution in [1.29, 1.82) is 0 Å². The van der Waals surface area contributed by atoms with Crippen LogP contribution in [-0.2, 0) is 0 Å². The third-order valence-electron chi connectivity index (χ3n) is 1.67. The molecule has 6 heteroatoms. The molecule has 1 aromatic rings. The fourth-order valence-corrected chi connectivity index (χ4v) is 1.74. The Morgan fingerprint density at radius 1 is 1.40 bits per heavy atom. The van der Waals surface area contributed by atoms with E-state index in [1.165, 1.54) is 0 Å². The van der Waals surface area contributed by atoms with Crippen molar-refractivity contribution in [2.45, 2.75) is 6.92 Å². The molecule has 1 rings (SSSR count). The van der Waals surface area contributed by atoms with E-state index in [1.54, 1.807) is 12.1 Å². The summed E-state index contributed by atoms with van der Waals surface area (Å²) in [6.45, 7) is 2.71. The Morgan fingerprint density at radius 2 is 1.93 bits per heavy atom. The highest BCUT2D eigenvalue weighted by molar-refractivity contribution is 7.80. The number of nitrogens with one attached hydrogen (secondary N) is 2. The van der Waals surface area contributed by atoms with Crippen molar-refractivity contribution in [2.75, 3.05) is 17.6 Å². The van der Waals surface area contributed by atoms with Crippen molar-refractivity contribution in [3.05, 3.63) is 22.2 Å². The molecule has 0 aromatic heterocycles. The van der Waals surface area contributed by atoms with Gasteiger partial charge in [-0.2, -0.15) is 0 Å². The lowest BCUT2D eigenvalue weighted by atomic mass is 10.3. The van der Waals surface area contributed by atoms with Gasteiger partial charge in [0.25, 0.3) is 0 Å². The smallest absolute Gasteiger partial charge is 0.170 e. The molecule has 0 aliphatic rings. The standard InChI is InChI=1S/C9H11Cl2N3S/c1-2-13-9(15)14-5-3-6(10)8(12)7(11)4-5/h3-4H,2,12H2,1H3,(H2,13,14,15).